The van der Waals surface area contributed by atoms with Crippen LogP contribution in [0.15, 0.2) is 24.3 Å². The molecule has 0 radical (unpaired) electrons. The Balaban J connectivity index is 2.08. The van der Waals surface area contributed by atoms with Crippen LogP contribution in [-0.2, 0) is 17.5 Å². The number of carbonyl (C=O) groups is 1. The van der Waals surface area contributed by atoms with E-state index in [0.29, 0.717) is 12.1 Å². The summed E-state index contributed by atoms with van der Waals surface area (Å²) < 4.78 is 37.4. The van der Waals surface area contributed by atoms with Gasteiger partial charge < -0.3 is 4.90 Å². The normalized spacial score (nSPS) is 15.8. The van der Waals surface area contributed by atoms with Gasteiger partial charge in [-0.15, -0.1) is 11.6 Å². The maximum atomic E-state index is 12.5. The van der Waals surface area contributed by atoms with E-state index < -0.39 is 11.7 Å². The lowest BCUT2D eigenvalue weighted by atomic mass is 9.91. The molecule has 0 bridgehead atoms. The van der Waals surface area contributed by atoms with Crippen molar-refractivity contribution in [3.63, 3.8) is 0 Å². The first-order valence-corrected chi connectivity index (χ1v) is 6.97. The Labute approximate surface area is 120 Å². The van der Waals surface area contributed by atoms with Crippen molar-refractivity contribution >= 4 is 17.5 Å². The Hall–Kier alpha value is -1.23. The minimum absolute atomic E-state index is 0.100. The SMILES string of the molecule is O=C(CCl)N(Cc1ccc(C(F)(F)F)cc1)C1CCC1. The first-order valence-electron chi connectivity index (χ1n) is 6.43. The summed E-state index contributed by atoms with van der Waals surface area (Å²) in [6, 6.07) is 5.08. The van der Waals surface area contributed by atoms with Crippen LogP contribution < -0.4 is 0 Å². The minimum atomic E-state index is -4.34. The number of hydrogen-bond acceptors (Lipinski definition) is 1. The van der Waals surface area contributed by atoms with Crippen LogP contribution >= 0.6 is 11.6 Å². The van der Waals surface area contributed by atoms with Gasteiger partial charge in [0.1, 0.15) is 5.88 Å². The van der Waals surface area contributed by atoms with E-state index in [-0.39, 0.29) is 17.8 Å². The third-order valence-corrected chi connectivity index (χ3v) is 3.81. The Kier molecular flexibility index (Phi) is 4.58. The zero-order chi connectivity index (χ0) is 14.8. The fraction of sp³-hybridized carbons (Fsp3) is 0.500. The van der Waals surface area contributed by atoms with Crippen LogP contribution in [0.2, 0.25) is 0 Å². The van der Waals surface area contributed by atoms with E-state index >= 15 is 0 Å². The van der Waals surface area contributed by atoms with Gasteiger partial charge in [-0.25, -0.2) is 0 Å². The average Bonchev–Trinajstić information content (AvgIpc) is 2.34. The lowest BCUT2D eigenvalue weighted by Gasteiger charge is -2.37. The molecule has 20 heavy (non-hydrogen) atoms. The molecule has 1 aliphatic rings. The number of nitrogens with zero attached hydrogens (tertiary/aromatic N) is 1. The molecule has 2 nitrogen and oxygen atoms in total. The molecule has 0 unspecified atom stereocenters. The van der Waals surface area contributed by atoms with E-state index in [4.69, 9.17) is 11.6 Å². The van der Waals surface area contributed by atoms with Gasteiger partial charge in [0.2, 0.25) is 5.91 Å². The average molecular weight is 306 g/mol. The van der Waals surface area contributed by atoms with Crippen molar-refractivity contribution in [2.24, 2.45) is 0 Å². The Morgan fingerprint density at radius 3 is 2.25 bits per heavy atom. The van der Waals surface area contributed by atoms with Gasteiger partial charge in [-0.1, -0.05) is 12.1 Å². The van der Waals surface area contributed by atoms with E-state index in [0.717, 1.165) is 31.4 Å². The summed E-state index contributed by atoms with van der Waals surface area (Å²) in [7, 11) is 0. The van der Waals surface area contributed by atoms with E-state index in [1.807, 2.05) is 0 Å². The zero-order valence-corrected chi connectivity index (χ0v) is 11.5. The molecule has 0 atom stereocenters. The van der Waals surface area contributed by atoms with Crippen LogP contribution in [0.4, 0.5) is 13.2 Å². The standard InChI is InChI=1S/C14H15ClF3NO/c15-8-13(20)19(12-2-1-3-12)9-10-4-6-11(7-5-10)14(16,17)18/h4-7,12H,1-3,8-9H2. The van der Waals surface area contributed by atoms with Crippen LogP contribution in [0.5, 0.6) is 0 Å². The second-order valence-electron chi connectivity index (χ2n) is 4.93. The van der Waals surface area contributed by atoms with Crippen molar-refractivity contribution in [2.75, 3.05) is 5.88 Å². The Bertz CT molecular complexity index is 468. The van der Waals surface area contributed by atoms with E-state index in [2.05, 4.69) is 0 Å². The molecule has 1 aromatic carbocycles. The van der Waals surface area contributed by atoms with Crippen molar-refractivity contribution in [3.05, 3.63) is 35.4 Å². The highest BCUT2D eigenvalue weighted by molar-refractivity contribution is 6.27. The van der Waals surface area contributed by atoms with Crippen LogP contribution in [-0.4, -0.2) is 22.7 Å². The topological polar surface area (TPSA) is 20.3 Å². The number of halogens is 4. The highest BCUT2D eigenvalue weighted by atomic mass is 35.5. The van der Waals surface area contributed by atoms with Gasteiger partial charge in [-0.05, 0) is 37.0 Å². The highest BCUT2D eigenvalue weighted by Crippen LogP contribution is 2.30. The molecule has 2 rings (SSSR count). The lowest BCUT2D eigenvalue weighted by Crippen LogP contribution is -2.44. The Morgan fingerprint density at radius 1 is 1.25 bits per heavy atom. The van der Waals surface area contributed by atoms with E-state index in [9.17, 15) is 18.0 Å². The predicted octanol–water partition coefficient (Wildman–Crippen LogP) is 3.83. The summed E-state index contributed by atoms with van der Waals surface area (Å²) in [4.78, 5) is 13.5. The van der Waals surface area contributed by atoms with E-state index in [1.54, 1.807) is 4.90 Å². The highest BCUT2D eigenvalue weighted by Gasteiger charge is 2.31. The largest absolute Gasteiger partial charge is 0.416 e. The fourth-order valence-electron chi connectivity index (χ4n) is 2.19. The third kappa shape index (κ3) is 3.45. The van der Waals surface area contributed by atoms with Gasteiger partial charge in [-0.2, -0.15) is 13.2 Å². The molecule has 0 spiro atoms. The smallest absolute Gasteiger partial charge is 0.334 e. The van der Waals surface area contributed by atoms with Crippen molar-refractivity contribution in [3.8, 4) is 0 Å². The molecule has 1 aromatic rings. The number of carbonyl (C=O) groups excluding carboxylic acids is 1. The summed E-state index contributed by atoms with van der Waals surface area (Å²) in [6.45, 7) is 0.314. The molecule has 0 heterocycles. The number of amides is 1. The minimum Gasteiger partial charge on any atom is -0.334 e. The molecule has 1 amide bonds. The van der Waals surface area contributed by atoms with Crippen LogP contribution in [0.1, 0.15) is 30.4 Å². The molecule has 0 aromatic heterocycles. The summed E-state index contributed by atoms with van der Waals surface area (Å²) >= 11 is 5.58. The predicted molar refractivity (Wildman–Crippen MR) is 70.4 cm³/mol. The first-order chi connectivity index (χ1) is 9.41. The van der Waals surface area contributed by atoms with Gasteiger partial charge >= 0.3 is 6.18 Å². The molecule has 1 saturated carbocycles. The summed E-state index contributed by atoms with van der Waals surface area (Å²) in [5.41, 5.74) is 0.00322. The zero-order valence-electron chi connectivity index (χ0n) is 10.8. The van der Waals surface area contributed by atoms with Gasteiger partial charge in [0, 0.05) is 12.6 Å². The van der Waals surface area contributed by atoms with Crippen molar-refractivity contribution in [1.82, 2.24) is 4.90 Å². The quantitative estimate of drug-likeness (QED) is 0.774. The molecule has 0 aliphatic heterocycles. The summed E-state index contributed by atoms with van der Waals surface area (Å²) in [5, 5.41) is 0. The van der Waals surface area contributed by atoms with Crippen LogP contribution in [0.3, 0.4) is 0 Å². The van der Waals surface area contributed by atoms with Crippen LogP contribution in [0, 0.1) is 0 Å². The van der Waals surface area contributed by atoms with Crippen molar-refractivity contribution < 1.29 is 18.0 Å². The molecule has 0 saturated heterocycles. The first kappa shape index (κ1) is 15.2. The maximum absolute atomic E-state index is 12.5. The van der Waals surface area contributed by atoms with Crippen molar-refractivity contribution in [2.45, 2.75) is 38.0 Å². The maximum Gasteiger partial charge on any atom is 0.416 e. The molecule has 110 valence electrons. The third-order valence-electron chi connectivity index (χ3n) is 3.58. The van der Waals surface area contributed by atoms with Gasteiger partial charge in [0.25, 0.3) is 0 Å². The molecule has 1 aliphatic carbocycles. The summed E-state index contributed by atoms with van der Waals surface area (Å²) in [6.07, 6.45) is -1.39. The number of rotatable bonds is 4. The Morgan fingerprint density at radius 2 is 1.85 bits per heavy atom. The number of alkyl halides is 4. The van der Waals surface area contributed by atoms with Gasteiger partial charge in [0.15, 0.2) is 0 Å². The van der Waals surface area contributed by atoms with E-state index in [1.165, 1.54) is 12.1 Å². The molecule has 0 N–H and O–H groups in total. The number of hydrogen-bond donors (Lipinski definition) is 0. The molecular formula is C14H15ClF3NO. The fourth-order valence-corrected chi connectivity index (χ4v) is 2.35. The lowest BCUT2D eigenvalue weighted by molar-refractivity contribution is -0.137. The monoisotopic (exact) mass is 305 g/mol. The summed E-state index contributed by atoms with van der Waals surface area (Å²) in [5.74, 6) is -0.270. The van der Waals surface area contributed by atoms with Crippen LogP contribution in [0.25, 0.3) is 0 Å². The molecule has 1 fully saturated rings. The van der Waals surface area contributed by atoms with Gasteiger partial charge in [-0.3, -0.25) is 4.79 Å². The van der Waals surface area contributed by atoms with Crippen molar-refractivity contribution in [1.29, 1.82) is 0 Å². The second kappa shape index (κ2) is 6.04. The number of benzene rings is 1. The molecule has 6 heteroatoms. The molecular weight excluding hydrogens is 291 g/mol. The second-order valence-corrected chi connectivity index (χ2v) is 5.20. The van der Waals surface area contributed by atoms with Gasteiger partial charge in [0.05, 0.1) is 5.56 Å².